The van der Waals surface area contributed by atoms with E-state index in [-0.39, 0.29) is 0 Å². The van der Waals surface area contributed by atoms with Gasteiger partial charge in [0.2, 0.25) is 0 Å². The second-order valence-electron chi connectivity index (χ2n) is 2.57. The average molecular weight is 151 g/mol. The predicted molar refractivity (Wildman–Crippen MR) is 46.8 cm³/mol. The zero-order chi connectivity index (χ0) is 8.36. The highest BCUT2D eigenvalue weighted by Gasteiger charge is 1.85. The van der Waals surface area contributed by atoms with Gasteiger partial charge in [0.05, 0.1) is 0 Å². The number of carbonyl (C=O) groups excluding carboxylic acids is 1. The minimum absolute atomic E-state index is 0.846. The highest BCUT2D eigenvalue weighted by molar-refractivity contribution is 5.73. The van der Waals surface area contributed by atoms with E-state index in [1.165, 1.54) is 25.7 Å². The molecule has 0 rings (SSSR count). The molecule has 11 heavy (non-hydrogen) atoms. The fourth-order valence-corrected chi connectivity index (χ4v) is 0.916. The van der Waals surface area contributed by atoms with Crippen LogP contribution >= 0.6 is 0 Å². The third-order valence-corrected chi connectivity index (χ3v) is 1.54. The predicted octanol–water partition coefficient (Wildman–Crippen LogP) is 2.46. The van der Waals surface area contributed by atoms with E-state index in [1.807, 2.05) is 0 Å². The van der Waals surface area contributed by atoms with E-state index >= 15 is 0 Å². The summed E-state index contributed by atoms with van der Waals surface area (Å²) in [5.41, 5.74) is 0. The van der Waals surface area contributed by atoms with E-state index in [0.29, 0.717) is 0 Å². The lowest BCUT2D eigenvalue weighted by atomic mass is 10.1. The summed E-state index contributed by atoms with van der Waals surface area (Å²) >= 11 is 0. The molecule has 0 N–H and O–H groups in total. The molecule has 0 aromatic carbocycles. The Morgan fingerprint density at radius 2 is 1.82 bits per heavy atom. The van der Waals surface area contributed by atoms with Crippen molar-refractivity contribution in [1.82, 2.24) is 0 Å². The molecule has 0 aromatic heterocycles. The molecule has 0 aromatic rings. The van der Waals surface area contributed by atoms with Crippen LogP contribution < -0.4 is 0 Å². The molecule has 0 aliphatic heterocycles. The summed E-state index contributed by atoms with van der Waals surface area (Å²) in [5.74, 6) is 5.02. The first kappa shape index (κ1) is 10.2. The third kappa shape index (κ3) is 9.23. The van der Waals surface area contributed by atoms with E-state index in [0.717, 1.165) is 12.8 Å². The minimum atomic E-state index is 0.846. The number of hydrogen-bond donors (Lipinski definition) is 0. The second-order valence-corrected chi connectivity index (χ2v) is 2.57. The lowest BCUT2D eigenvalue weighted by molar-refractivity contribution is 0.565. The maximum atomic E-state index is 9.64. The molecule has 0 aliphatic carbocycles. The second kappa shape index (κ2) is 9.23. The van der Waals surface area contributed by atoms with Crippen LogP contribution in [-0.2, 0) is 4.79 Å². The molecule has 0 aliphatic rings. The summed E-state index contributed by atoms with van der Waals surface area (Å²) in [6.45, 7) is 2.20. The zero-order valence-electron chi connectivity index (χ0n) is 7.15. The van der Waals surface area contributed by atoms with Gasteiger partial charge in [-0.2, -0.15) is 0 Å². The van der Waals surface area contributed by atoms with Crippen LogP contribution in [0.4, 0.5) is 0 Å². The van der Waals surface area contributed by atoms with Crippen LogP contribution in [0.1, 0.15) is 45.4 Å². The van der Waals surface area contributed by atoms with Gasteiger partial charge in [0.25, 0.3) is 6.29 Å². The van der Waals surface area contributed by atoms with Gasteiger partial charge in [0.15, 0.2) is 0 Å². The van der Waals surface area contributed by atoms with Crippen LogP contribution in [0, 0.1) is 11.8 Å². The molecule has 0 atom stereocenters. The SMILES string of the molecule is CCCCCCCC#C[C]=O. The van der Waals surface area contributed by atoms with Gasteiger partial charge in [-0.15, -0.1) is 0 Å². The average Bonchev–Trinajstić information content (AvgIpc) is 2.03. The first-order chi connectivity index (χ1) is 5.41. The van der Waals surface area contributed by atoms with E-state index in [2.05, 4.69) is 18.8 Å². The molecule has 0 spiro atoms. The molecule has 0 fully saturated rings. The molecule has 0 heterocycles. The summed E-state index contributed by atoms with van der Waals surface area (Å²) in [7, 11) is 0. The van der Waals surface area contributed by atoms with Crippen molar-refractivity contribution in [3.63, 3.8) is 0 Å². The fraction of sp³-hybridized carbons (Fsp3) is 0.700. The molecule has 0 saturated carbocycles. The zero-order valence-corrected chi connectivity index (χ0v) is 7.15. The van der Waals surface area contributed by atoms with Crippen molar-refractivity contribution in [2.45, 2.75) is 45.4 Å². The summed E-state index contributed by atoms with van der Waals surface area (Å²) < 4.78 is 0. The van der Waals surface area contributed by atoms with Crippen molar-refractivity contribution in [3.8, 4) is 11.8 Å². The molecule has 1 heteroatoms. The van der Waals surface area contributed by atoms with Crippen molar-refractivity contribution >= 4 is 6.29 Å². The lowest BCUT2D eigenvalue weighted by Gasteiger charge is -1.93. The normalized spacial score (nSPS) is 8.45. The van der Waals surface area contributed by atoms with Crippen LogP contribution in [0.25, 0.3) is 0 Å². The van der Waals surface area contributed by atoms with E-state index in [4.69, 9.17) is 0 Å². The first-order valence-electron chi connectivity index (χ1n) is 4.26. The van der Waals surface area contributed by atoms with Crippen molar-refractivity contribution < 1.29 is 4.79 Å². The first-order valence-corrected chi connectivity index (χ1v) is 4.26. The van der Waals surface area contributed by atoms with Crippen LogP contribution in [0.5, 0.6) is 0 Å². The fourth-order valence-electron chi connectivity index (χ4n) is 0.916. The molecular formula is C10H15O. The van der Waals surface area contributed by atoms with Crippen molar-refractivity contribution in [2.24, 2.45) is 0 Å². The molecule has 61 valence electrons. The molecule has 0 amide bonds. The Labute approximate surface area is 69.2 Å². The molecule has 0 unspecified atom stereocenters. The lowest BCUT2D eigenvalue weighted by Crippen LogP contribution is -1.76. The molecule has 0 bridgehead atoms. The van der Waals surface area contributed by atoms with Gasteiger partial charge in [-0.3, -0.25) is 4.79 Å². The van der Waals surface area contributed by atoms with E-state index < -0.39 is 0 Å². The number of unbranched alkanes of at least 4 members (excludes halogenated alkanes) is 5. The van der Waals surface area contributed by atoms with Crippen molar-refractivity contribution in [1.29, 1.82) is 0 Å². The summed E-state index contributed by atoms with van der Waals surface area (Å²) in [6, 6.07) is 0. The largest absolute Gasteiger partial charge is 0.284 e. The molecule has 1 nitrogen and oxygen atoms in total. The highest BCUT2D eigenvalue weighted by atomic mass is 16.1. The Morgan fingerprint density at radius 3 is 2.45 bits per heavy atom. The number of hydrogen-bond acceptors (Lipinski definition) is 1. The highest BCUT2D eigenvalue weighted by Crippen LogP contribution is 2.03. The quantitative estimate of drug-likeness (QED) is 0.435. The molecular weight excluding hydrogens is 136 g/mol. The topological polar surface area (TPSA) is 17.1 Å². The van der Waals surface area contributed by atoms with Crippen molar-refractivity contribution in [2.75, 3.05) is 0 Å². The van der Waals surface area contributed by atoms with Gasteiger partial charge in [0, 0.05) is 6.42 Å². The van der Waals surface area contributed by atoms with Gasteiger partial charge < -0.3 is 0 Å². The van der Waals surface area contributed by atoms with Crippen LogP contribution in [0.3, 0.4) is 0 Å². The number of rotatable bonds is 5. The maximum Gasteiger partial charge on any atom is 0.284 e. The summed E-state index contributed by atoms with van der Waals surface area (Å²) in [4.78, 5) is 9.64. The van der Waals surface area contributed by atoms with Gasteiger partial charge >= 0.3 is 0 Å². The van der Waals surface area contributed by atoms with Gasteiger partial charge in [0.1, 0.15) is 0 Å². The van der Waals surface area contributed by atoms with Crippen LogP contribution in [0.15, 0.2) is 0 Å². The standard InChI is InChI=1S/C10H15O/c1-2-3-4-5-6-7-8-9-10-11/h2-7H2,1H3. The summed E-state index contributed by atoms with van der Waals surface area (Å²) in [5, 5.41) is 0. The van der Waals surface area contributed by atoms with E-state index in [9.17, 15) is 4.79 Å². The Morgan fingerprint density at radius 1 is 1.09 bits per heavy atom. The molecule has 0 saturated heterocycles. The molecule has 1 radical (unpaired) electrons. The maximum absolute atomic E-state index is 9.64. The minimum Gasteiger partial charge on any atom is -0.275 e. The Balaban J connectivity index is 2.96. The smallest absolute Gasteiger partial charge is 0.275 e. The van der Waals surface area contributed by atoms with Gasteiger partial charge in [-0.05, 0) is 12.3 Å². The van der Waals surface area contributed by atoms with Gasteiger partial charge in [-0.1, -0.05) is 38.5 Å². The van der Waals surface area contributed by atoms with Gasteiger partial charge in [-0.25, -0.2) is 0 Å². The van der Waals surface area contributed by atoms with E-state index in [1.54, 1.807) is 6.29 Å². The third-order valence-electron chi connectivity index (χ3n) is 1.54. The summed E-state index contributed by atoms with van der Waals surface area (Å²) in [6.07, 6.45) is 8.64. The Hall–Kier alpha value is -0.770. The Kier molecular flexibility index (Phi) is 8.58. The van der Waals surface area contributed by atoms with Crippen molar-refractivity contribution in [3.05, 3.63) is 0 Å². The van der Waals surface area contributed by atoms with Crippen LogP contribution in [-0.4, -0.2) is 6.29 Å². The Bertz CT molecular complexity index is 139. The van der Waals surface area contributed by atoms with Crippen LogP contribution in [0.2, 0.25) is 0 Å². The monoisotopic (exact) mass is 151 g/mol.